The van der Waals surface area contributed by atoms with Crippen molar-refractivity contribution in [2.24, 2.45) is 0 Å². The van der Waals surface area contributed by atoms with Gasteiger partial charge in [-0.05, 0) is 63.0 Å². The maximum atomic E-state index is 14.4. The molecule has 0 bridgehead atoms. The van der Waals surface area contributed by atoms with Gasteiger partial charge in [-0.3, -0.25) is 0 Å². The standard InChI is InChI=1S/C18H20FNS.C2HF3O2/c1-13-4-2-5-15(12-13)21-17-7-3-6-16(19)18(17)14-8-10-20-11-9-14;3-2(4,5)1(6)7/h2-7,12,14,20H,8-11H2,1H3;(H,6,7). The Kier molecular flexibility index (Phi) is 7.88. The minimum Gasteiger partial charge on any atom is -0.475 e. The van der Waals surface area contributed by atoms with Crippen LogP contribution in [0.5, 0.6) is 0 Å². The summed E-state index contributed by atoms with van der Waals surface area (Å²) in [6.07, 6.45) is -3.05. The van der Waals surface area contributed by atoms with Gasteiger partial charge in [0.25, 0.3) is 0 Å². The minimum atomic E-state index is -5.08. The Morgan fingerprint density at radius 2 is 1.75 bits per heavy atom. The second-order valence-electron chi connectivity index (χ2n) is 6.40. The van der Waals surface area contributed by atoms with Gasteiger partial charge in [-0.1, -0.05) is 35.5 Å². The lowest BCUT2D eigenvalue weighted by atomic mass is 9.90. The fraction of sp³-hybridized carbons (Fsp3) is 0.350. The molecule has 2 aromatic rings. The summed E-state index contributed by atoms with van der Waals surface area (Å²) in [5, 5.41) is 10.5. The zero-order valence-electron chi connectivity index (χ0n) is 15.2. The molecule has 3 nitrogen and oxygen atoms in total. The Labute approximate surface area is 165 Å². The molecule has 2 N–H and O–H groups in total. The highest BCUT2D eigenvalue weighted by atomic mass is 32.2. The highest BCUT2D eigenvalue weighted by Crippen LogP contribution is 2.38. The van der Waals surface area contributed by atoms with Crippen LogP contribution in [0.4, 0.5) is 17.6 Å². The minimum absolute atomic E-state index is 0.0560. The van der Waals surface area contributed by atoms with Crippen LogP contribution in [0.15, 0.2) is 52.3 Å². The topological polar surface area (TPSA) is 49.3 Å². The molecule has 0 atom stereocenters. The van der Waals surface area contributed by atoms with Crippen LogP contribution in [0, 0.1) is 12.7 Å². The van der Waals surface area contributed by atoms with Gasteiger partial charge in [-0.2, -0.15) is 13.2 Å². The van der Waals surface area contributed by atoms with E-state index in [-0.39, 0.29) is 5.82 Å². The Bertz CT molecular complexity index is 805. The summed E-state index contributed by atoms with van der Waals surface area (Å²) in [6.45, 7) is 4.05. The summed E-state index contributed by atoms with van der Waals surface area (Å²) < 4.78 is 46.1. The highest BCUT2D eigenvalue weighted by molar-refractivity contribution is 7.99. The van der Waals surface area contributed by atoms with Crippen molar-refractivity contribution in [3.8, 4) is 0 Å². The second kappa shape index (κ2) is 9.93. The quantitative estimate of drug-likeness (QED) is 0.661. The average molecular weight is 415 g/mol. The van der Waals surface area contributed by atoms with E-state index in [1.54, 1.807) is 17.8 Å². The molecule has 0 saturated carbocycles. The van der Waals surface area contributed by atoms with Crippen LogP contribution in [0.3, 0.4) is 0 Å². The van der Waals surface area contributed by atoms with Crippen LogP contribution in [0.25, 0.3) is 0 Å². The highest BCUT2D eigenvalue weighted by Gasteiger charge is 2.38. The van der Waals surface area contributed by atoms with Gasteiger partial charge in [0.15, 0.2) is 0 Å². The predicted octanol–water partition coefficient (Wildman–Crippen LogP) is 5.39. The molecule has 28 heavy (non-hydrogen) atoms. The molecule has 152 valence electrons. The molecule has 2 aromatic carbocycles. The number of halogens is 4. The maximum absolute atomic E-state index is 14.4. The number of aryl methyl sites for hydroxylation is 1. The molecule has 1 aliphatic rings. The number of nitrogens with one attached hydrogen (secondary N) is 1. The molecule has 1 heterocycles. The number of carboxylic acids is 1. The molecule has 0 unspecified atom stereocenters. The number of rotatable bonds is 3. The first-order chi connectivity index (χ1) is 13.2. The number of aliphatic carboxylic acids is 1. The lowest BCUT2D eigenvalue weighted by Gasteiger charge is -2.25. The van der Waals surface area contributed by atoms with E-state index in [4.69, 9.17) is 9.90 Å². The number of alkyl halides is 3. The normalized spacial score (nSPS) is 14.9. The lowest BCUT2D eigenvalue weighted by molar-refractivity contribution is -0.192. The molecule has 0 spiro atoms. The maximum Gasteiger partial charge on any atom is 0.490 e. The molecule has 1 saturated heterocycles. The van der Waals surface area contributed by atoms with Gasteiger partial charge in [0.2, 0.25) is 0 Å². The third-order valence-corrected chi connectivity index (χ3v) is 5.29. The third kappa shape index (κ3) is 6.53. The summed E-state index contributed by atoms with van der Waals surface area (Å²) in [5.41, 5.74) is 2.14. The molecular weight excluding hydrogens is 394 g/mol. The summed E-state index contributed by atoms with van der Waals surface area (Å²) in [4.78, 5) is 11.1. The van der Waals surface area contributed by atoms with E-state index >= 15 is 0 Å². The summed E-state index contributed by atoms with van der Waals surface area (Å²) >= 11 is 1.68. The van der Waals surface area contributed by atoms with E-state index in [2.05, 4.69) is 36.5 Å². The molecule has 0 amide bonds. The van der Waals surface area contributed by atoms with E-state index in [0.717, 1.165) is 36.4 Å². The number of hydrogen-bond donors (Lipinski definition) is 2. The van der Waals surface area contributed by atoms with Crippen molar-refractivity contribution >= 4 is 17.7 Å². The van der Waals surface area contributed by atoms with E-state index in [9.17, 15) is 17.6 Å². The molecule has 0 radical (unpaired) electrons. The van der Waals surface area contributed by atoms with Crippen LogP contribution < -0.4 is 5.32 Å². The van der Waals surface area contributed by atoms with Gasteiger partial charge in [0.05, 0.1) is 0 Å². The molecule has 0 aliphatic carbocycles. The van der Waals surface area contributed by atoms with Crippen LogP contribution in [-0.2, 0) is 4.79 Å². The Balaban J connectivity index is 0.000000345. The summed E-state index contributed by atoms with van der Waals surface area (Å²) in [5.74, 6) is -2.48. The first-order valence-electron chi connectivity index (χ1n) is 8.72. The first-order valence-corrected chi connectivity index (χ1v) is 9.54. The molecule has 0 aromatic heterocycles. The van der Waals surface area contributed by atoms with Gasteiger partial charge in [-0.15, -0.1) is 0 Å². The SMILES string of the molecule is Cc1cccc(Sc2cccc(F)c2C2CCNCC2)c1.O=C(O)C(F)(F)F. The Morgan fingerprint density at radius 3 is 2.32 bits per heavy atom. The van der Waals surface area contributed by atoms with Crippen molar-refractivity contribution in [2.75, 3.05) is 13.1 Å². The van der Waals surface area contributed by atoms with E-state index < -0.39 is 12.1 Å². The van der Waals surface area contributed by atoms with E-state index in [1.807, 2.05) is 12.1 Å². The smallest absolute Gasteiger partial charge is 0.475 e. The predicted molar refractivity (Wildman–Crippen MR) is 100 cm³/mol. The molecule has 1 aliphatic heterocycles. The van der Waals surface area contributed by atoms with Crippen molar-refractivity contribution < 1.29 is 27.5 Å². The van der Waals surface area contributed by atoms with Gasteiger partial charge in [0, 0.05) is 15.4 Å². The van der Waals surface area contributed by atoms with Gasteiger partial charge in [-0.25, -0.2) is 9.18 Å². The van der Waals surface area contributed by atoms with Crippen LogP contribution in [0.2, 0.25) is 0 Å². The Morgan fingerprint density at radius 1 is 1.14 bits per heavy atom. The van der Waals surface area contributed by atoms with E-state index in [1.165, 1.54) is 10.5 Å². The zero-order valence-corrected chi connectivity index (χ0v) is 16.0. The largest absolute Gasteiger partial charge is 0.490 e. The zero-order chi connectivity index (χ0) is 20.7. The third-order valence-electron chi connectivity index (χ3n) is 4.22. The number of hydrogen-bond acceptors (Lipinski definition) is 3. The monoisotopic (exact) mass is 415 g/mol. The van der Waals surface area contributed by atoms with Crippen molar-refractivity contribution in [3.05, 3.63) is 59.4 Å². The fourth-order valence-electron chi connectivity index (χ4n) is 2.92. The molecular formula is C20H21F4NO2S. The van der Waals surface area contributed by atoms with Gasteiger partial charge in [0.1, 0.15) is 5.82 Å². The van der Waals surface area contributed by atoms with Crippen LogP contribution in [-0.4, -0.2) is 30.3 Å². The molecule has 1 fully saturated rings. The van der Waals surface area contributed by atoms with Crippen molar-refractivity contribution in [3.63, 3.8) is 0 Å². The molecule has 3 rings (SSSR count). The van der Waals surface area contributed by atoms with Crippen LogP contribution >= 0.6 is 11.8 Å². The Hall–Kier alpha value is -2.06. The number of carbonyl (C=O) groups is 1. The van der Waals surface area contributed by atoms with Crippen molar-refractivity contribution in [2.45, 2.75) is 41.7 Å². The number of piperidine rings is 1. The number of carboxylic acid groups (broad SMARTS) is 1. The van der Waals surface area contributed by atoms with Crippen molar-refractivity contribution in [1.82, 2.24) is 5.32 Å². The van der Waals surface area contributed by atoms with Gasteiger partial charge < -0.3 is 10.4 Å². The van der Waals surface area contributed by atoms with E-state index in [0.29, 0.717) is 5.92 Å². The van der Waals surface area contributed by atoms with Crippen molar-refractivity contribution in [1.29, 1.82) is 0 Å². The summed E-state index contributed by atoms with van der Waals surface area (Å²) in [7, 11) is 0. The second-order valence-corrected chi connectivity index (χ2v) is 7.51. The summed E-state index contributed by atoms with van der Waals surface area (Å²) in [6, 6.07) is 13.9. The molecule has 8 heteroatoms. The first kappa shape index (κ1) is 22.2. The number of benzene rings is 2. The lowest BCUT2D eigenvalue weighted by Crippen LogP contribution is -2.27. The fourth-order valence-corrected chi connectivity index (χ4v) is 4.08. The van der Waals surface area contributed by atoms with Crippen LogP contribution in [0.1, 0.15) is 29.9 Å². The van der Waals surface area contributed by atoms with Gasteiger partial charge >= 0.3 is 12.1 Å². The average Bonchev–Trinajstić information content (AvgIpc) is 2.62.